The number of para-hydroxylation sites is 4. The van der Waals surface area contributed by atoms with Crippen molar-refractivity contribution < 1.29 is 0 Å². The van der Waals surface area contributed by atoms with E-state index in [4.69, 9.17) is 0 Å². The van der Waals surface area contributed by atoms with Crippen LogP contribution >= 0.6 is 0 Å². The van der Waals surface area contributed by atoms with Crippen LogP contribution in [0.3, 0.4) is 0 Å². The van der Waals surface area contributed by atoms with Crippen LogP contribution in [0.4, 0.5) is 17.1 Å². The van der Waals surface area contributed by atoms with Crippen molar-refractivity contribution in [1.29, 1.82) is 0 Å². The number of hydrogen-bond donors (Lipinski definition) is 0. The molecule has 0 fully saturated rings. The van der Waals surface area contributed by atoms with Crippen LogP contribution in [0, 0.1) is 0 Å². The van der Waals surface area contributed by atoms with Gasteiger partial charge in [-0.3, -0.25) is 0 Å². The van der Waals surface area contributed by atoms with Crippen LogP contribution in [-0.2, 0) is 5.41 Å². The Morgan fingerprint density at radius 1 is 0.477 bits per heavy atom. The van der Waals surface area contributed by atoms with Gasteiger partial charge in [0.15, 0.2) is 0 Å². The van der Waals surface area contributed by atoms with E-state index in [0.717, 1.165) is 17.1 Å². The SMILES string of the molecule is CC1(C)c2ccccc2N(c2cccc(-n3ccc4ccc5c6ccccc6n(-c6ccccc6)c5c43)c2)c2ccccc21. The molecular weight excluding hydrogens is 534 g/mol. The second-order valence-corrected chi connectivity index (χ2v) is 12.3. The van der Waals surface area contributed by atoms with Gasteiger partial charge in [0.2, 0.25) is 0 Å². The zero-order chi connectivity index (χ0) is 29.4. The number of benzene rings is 6. The van der Waals surface area contributed by atoms with Gasteiger partial charge in [-0.25, -0.2) is 0 Å². The molecule has 0 atom stereocenters. The summed E-state index contributed by atoms with van der Waals surface area (Å²) in [5.74, 6) is 0. The molecule has 8 aromatic rings. The van der Waals surface area contributed by atoms with Gasteiger partial charge in [-0.2, -0.15) is 0 Å². The van der Waals surface area contributed by atoms with Gasteiger partial charge in [-0.15, -0.1) is 0 Å². The summed E-state index contributed by atoms with van der Waals surface area (Å²) in [4.78, 5) is 2.43. The lowest BCUT2D eigenvalue weighted by Crippen LogP contribution is -2.30. The van der Waals surface area contributed by atoms with Gasteiger partial charge in [0, 0.05) is 44.8 Å². The molecule has 0 aliphatic carbocycles. The van der Waals surface area contributed by atoms with Crippen LogP contribution in [0.15, 0.2) is 152 Å². The lowest BCUT2D eigenvalue weighted by atomic mass is 9.73. The highest BCUT2D eigenvalue weighted by atomic mass is 15.2. The van der Waals surface area contributed by atoms with Gasteiger partial charge in [0.05, 0.1) is 27.9 Å². The van der Waals surface area contributed by atoms with Crippen molar-refractivity contribution in [2.45, 2.75) is 19.3 Å². The minimum absolute atomic E-state index is 0.0889. The fraction of sp³-hybridized carbons (Fsp3) is 0.0732. The normalized spacial score (nSPS) is 13.8. The highest BCUT2D eigenvalue weighted by Crippen LogP contribution is 2.51. The molecule has 0 saturated carbocycles. The third-order valence-electron chi connectivity index (χ3n) is 9.50. The third kappa shape index (κ3) is 3.44. The molecule has 44 heavy (non-hydrogen) atoms. The predicted octanol–water partition coefficient (Wildman–Crippen LogP) is 10.8. The van der Waals surface area contributed by atoms with E-state index in [-0.39, 0.29) is 5.41 Å². The van der Waals surface area contributed by atoms with Crippen molar-refractivity contribution in [2.24, 2.45) is 0 Å². The number of hydrogen-bond acceptors (Lipinski definition) is 1. The number of anilines is 3. The molecule has 6 aromatic carbocycles. The smallest absolute Gasteiger partial charge is 0.0788 e. The lowest BCUT2D eigenvalue weighted by Gasteiger charge is -2.42. The Balaban J connectivity index is 1.31. The first-order valence-corrected chi connectivity index (χ1v) is 15.3. The van der Waals surface area contributed by atoms with Crippen molar-refractivity contribution in [3.63, 3.8) is 0 Å². The zero-order valence-corrected chi connectivity index (χ0v) is 24.8. The first-order valence-electron chi connectivity index (χ1n) is 15.3. The molecule has 0 amide bonds. The molecule has 3 heteroatoms. The molecule has 210 valence electrons. The molecule has 0 bridgehead atoms. The average molecular weight is 566 g/mol. The van der Waals surface area contributed by atoms with Gasteiger partial charge in [0.25, 0.3) is 0 Å². The van der Waals surface area contributed by atoms with Crippen LogP contribution < -0.4 is 4.90 Å². The maximum absolute atomic E-state index is 2.43. The lowest BCUT2D eigenvalue weighted by molar-refractivity contribution is 0.632. The first kappa shape index (κ1) is 25.0. The first-order chi connectivity index (χ1) is 21.6. The zero-order valence-electron chi connectivity index (χ0n) is 24.8. The van der Waals surface area contributed by atoms with Crippen LogP contribution in [0.1, 0.15) is 25.0 Å². The number of rotatable bonds is 3. The van der Waals surface area contributed by atoms with Gasteiger partial charge in [-0.1, -0.05) is 105 Å². The van der Waals surface area contributed by atoms with E-state index in [1.165, 1.54) is 55.2 Å². The Morgan fingerprint density at radius 3 is 1.89 bits per heavy atom. The molecule has 9 rings (SSSR count). The Hall–Kier alpha value is -5.54. The molecular formula is C41H31N3. The van der Waals surface area contributed by atoms with Crippen LogP contribution in [0.25, 0.3) is 44.1 Å². The molecule has 0 spiro atoms. The van der Waals surface area contributed by atoms with Crippen molar-refractivity contribution in [3.05, 3.63) is 163 Å². The fourth-order valence-corrected chi connectivity index (χ4v) is 7.46. The topological polar surface area (TPSA) is 13.1 Å². The highest BCUT2D eigenvalue weighted by molar-refractivity contribution is 6.18. The molecule has 1 aliphatic heterocycles. The van der Waals surface area contributed by atoms with E-state index in [9.17, 15) is 0 Å². The quantitative estimate of drug-likeness (QED) is 0.208. The molecule has 0 unspecified atom stereocenters. The second kappa shape index (κ2) is 9.23. The van der Waals surface area contributed by atoms with Crippen LogP contribution in [-0.4, -0.2) is 9.13 Å². The summed E-state index contributed by atoms with van der Waals surface area (Å²) in [5.41, 5.74) is 12.1. The third-order valence-corrected chi connectivity index (χ3v) is 9.50. The largest absolute Gasteiger partial charge is 0.315 e. The Labute approximate surface area is 256 Å². The average Bonchev–Trinajstić information content (AvgIpc) is 3.65. The van der Waals surface area contributed by atoms with E-state index in [0.29, 0.717) is 0 Å². The van der Waals surface area contributed by atoms with E-state index < -0.39 is 0 Å². The molecule has 2 aromatic heterocycles. The summed E-state index contributed by atoms with van der Waals surface area (Å²) >= 11 is 0. The van der Waals surface area contributed by atoms with Crippen molar-refractivity contribution in [3.8, 4) is 11.4 Å². The highest BCUT2D eigenvalue weighted by Gasteiger charge is 2.36. The molecule has 3 nitrogen and oxygen atoms in total. The van der Waals surface area contributed by atoms with Gasteiger partial charge in [-0.05, 0) is 65.7 Å². The minimum atomic E-state index is -0.0889. The number of aromatic nitrogens is 2. The maximum atomic E-state index is 2.43. The summed E-state index contributed by atoms with van der Waals surface area (Å²) in [6.45, 7) is 4.67. The van der Waals surface area contributed by atoms with Crippen molar-refractivity contribution in [2.75, 3.05) is 4.90 Å². The summed E-state index contributed by atoms with van der Waals surface area (Å²) in [7, 11) is 0. The van der Waals surface area contributed by atoms with Gasteiger partial charge >= 0.3 is 0 Å². The Morgan fingerprint density at radius 2 is 1.11 bits per heavy atom. The summed E-state index contributed by atoms with van der Waals surface area (Å²) in [5, 5.41) is 3.74. The molecule has 1 aliphatic rings. The molecule has 0 radical (unpaired) electrons. The Kier molecular flexibility index (Phi) is 5.24. The van der Waals surface area contributed by atoms with Crippen LogP contribution in [0.2, 0.25) is 0 Å². The predicted molar refractivity (Wildman–Crippen MR) is 184 cm³/mol. The van der Waals surface area contributed by atoms with E-state index in [1.807, 2.05) is 0 Å². The monoisotopic (exact) mass is 565 g/mol. The minimum Gasteiger partial charge on any atom is -0.315 e. The van der Waals surface area contributed by atoms with E-state index in [2.05, 4.69) is 180 Å². The second-order valence-electron chi connectivity index (χ2n) is 12.3. The Bertz CT molecular complexity index is 2320. The summed E-state index contributed by atoms with van der Waals surface area (Å²) in [6, 6.07) is 52.9. The van der Waals surface area contributed by atoms with Gasteiger partial charge < -0.3 is 14.0 Å². The van der Waals surface area contributed by atoms with Crippen LogP contribution in [0.5, 0.6) is 0 Å². The van der Waals surface area contributed by atoms with Crippen molar-refractivity contribution >= 4 is 49.8 Å². The molecule has 3 heterocycles. The summed E-state index contributed by atoms with van der Waals surface area (Å²) < 4.78 is 4.79. The van der Waals surface area contributed by atoms with E-state index in [1.54, 1.807) is 0 Å². The summed E-state index contributed by atoms with van der Waals surface area (Å²) in [6.07, 6.45) is 2.22. The molecule has 0 saturated heterocycles. The standard InChI is InChI=1S/C41H31N3/c1-41(2)34-18-7-10-21-37(34)43(38-22-11-8-19-35(38)41)31-16-12-15-30(27-31)42-26-25-28-23-24-33-32-17-6-9-20-36(32)44(40(33)39(28)42)29-13-4-3-5-14-29/h3-27H,1-2H3. The number of nitrogens with zero attached hydrogens (tertiary/aromatic N) is 3. The van der Waals surface area contributed by atoms with E-state index >= 15 is 0 Å². The van der Waals surface area contributed by atoms with Crippen molar-refractivity contribution in [1.82, 2.24) is 9.13 Å². The maximum Gasteiger partial charge on any atom is 0.0788 e. The molecule has 0 N–H and O–H groups in total. The number of fused-ring (bicyclic) bond motifs is 7. The van der Waals surface area contributed by atoms with Gasteiger partial charge in [0.1, 0.15) is 0 Å². The fourth-order valence-electron chi connectivity index (χ4n) is 7.46.